The predicted octanol–water partition coefficient (Wildman–Crippen LogP) is 3.34. The number of nitrogens with one attached hydrogen (secondary N) is 1. The maximum Gasteiger partial charge on any atom is 0.409 e. The van der Waals surface area contributed by atoms with Crippen molar-refractivity contribution in [3.8, 4) is 11.4 Å². The number of piperazine rings is 2. The van der Waals surface area contributed by atoms with Gasteiger partial charge in [-0.3, -0.25) is 14.2 Å². The van der Waals surface area contributed by atoms with Gasteiger partial charge in [0.1, 0.15) is 17.6 Å². The van der Waals surface area contributed by atoms with Crippen LogP contribution < -0.4 is 10.2 Å². The number of unbranched alkanes of at least 4 members (excludes halogenated alkanes) is 1. The van der Waals surface area contributed by atoms with Crippen LogP contribution in [-0.2, 0) is 23.1 Å². The van der Waals surface area contributed by atoms with Crippen molar-refractivity contribution in [2.45, 2.75) is 39.7 Å². The van der Waals surface area contributed by atoms with Gasteiger partial charge in [0.15, 0.2) is 5.82 Å². The molecule has 47 heavy (non-hydrogen) atoms. The van der Waals surface area contributed by atoms with Crippen molar-refractivity contribution >= 4 is 31.3 Å². The molecule has 0 bridgehead atoms. The maximum absolute atomic E-state index is 14.0. The number of likely N-dealkylation sites (N-methyl/N-ethyl adjacent to an activating group) is 1. The van der Waals surface area contributed by atoms with Crippen LogP contribution >= 0.6 is 7.60 Å². The number of hydrogen-bond acceptors (Lipinski definition) is 11. The van der Waals surface area contributed by atoms with E-state index in [0.717, 1.165) is 44.6 Å². The molecule has 1 unspecified atom stereocenters. The van der Waals surface area contributed by atoms with Crippen molar-refractivity contribution < 1.29 is 32.7 Å². The van der Waals surface area contributed by atoms with Gasteiger partial charge in [-0.05, 0) is 27.3 Å². The Kier molecular flexibility index (Phi) is 13.5. The normalized spacial score (nSPS) is 16.6. The van der Waals surface area contributed by atoms with Crippen LogP contribution in [0.15, 0.2) is 36.4 Å². The summed E-state index contributed by atoms with van der Waals surface area (Å²) in [6, 6.07) is 9.77. The van der Waals surface area contributed by atoms with E-state index in [1.807, 2.05) is 37.3 Å². The summed E-state index contributed by atoms with van der Waals surface area (Å²) in [6.07, 6.45) is 0.916. The molecule has 1 aromatic carbocycles. The van der Waals surface area contributed by atoms with Gasteiger partial charge in [-0.1, -0.05) is 43.7 Å². The third-order valence-electron chi connectivity index (χ3n) is 8.04. The summed E-state index contributed by atoms with van der Waals surface area (Å²) in [5, 5.41) is 2.80. The van der Waals surface area contributed by atoms with Gasteiger partial charge in [-0.25, -0.2) is 14.8 Å². The van der Waals surface area contributed by atoms with Gasteiger partial charge in [-0.2, -0.15) is 0 Å². The number of nitrogens with zero attached hydrogens (tertiary/aromatic N) is 6. The minimum atomic E-state index is -3.76. The van der Waals surface area contributed by atoms with Gasteiger partial charge in [-0.15, -0.1) is 0 Å². The predicted molar refractivity (Wildman–Crippen MR) is 179 cm³/mol. The highest BCUT2D eigenvalue weighted by Crippen LogP contribution is 2.48. The second-order valence-electron chi connectivity index (χ2n) is 11.5. The zero-order valence-corrected chi connectivity index (χ0v) is 28.8. The molecule has 2 saturated heterocycles. The molecule has 2 aliphatic heterocycles. The van der Waals surface area contributed by atoms with Crippen LogP contribution in [0, 0.1) is 0 Å². The topological polar surface area (TPSA) is 147 Å². The lowest BCUT2D eigenvalue weighted by atomic mass is 10.2. The first-order valence-electron chi connectivity index (χ1n) is 16.4. The van der Waals surface area contributed by atoms with Crippen LogP contribution in [0.5, 0.6) is 0 Å². The molecule has 3 heterocycles. The molecule has 0 aliphatic carbocycles. The average molecular weight is 674 g/mol. The molecular formula is C32H48N7O7P. The zero-order valence-electron chi connectivity index (χ0n) is 27.9. The standard InChI is InChI=1S/C32H48N7O7P/c1-5-8-22-44-32(42)39-20-18-38(19-21-39)31(41)27(24-47(43,45-6-2)46-7-3)34-30(40)26-23-28(37-16-14-36(4)15-17-37)35-29(33-26)25-12-10-9-11-13-25/h9-13,23,27H,5-8,14-22,24H2,1-4H3,(H,34,40). The SMILES string of the molecule is CCCCOC(=O)N1CCN(C(=O)C(CP(=O)(OCC)OCC)NC(=O)c2cc(N3CCN(C)CC3)nc(-c3ccccc3)n2)CC1. The van der Waals surface area contributed by atoms with E-state index in [2.05, 4.69) is 27.1 Å². The largest absolute Gasteiger partial charge is 0.449 e. The molecule has 2 aromatic rings. The first-order valence-corrected chi connectivity index (χ1v) is 18.2. The van der Waals surface area contributed by atoms with Crippen LogP contribution in [0.3, 0.4) is 0 Å². The summed E-state index contributed by atoms with van der Waals surface area (Å²) in [5.74, 6) is -0.0767. The van der Waals surface area contributed by atoms with E-state index in [1.165, 1.54) is 0 Å². The Morgan fingerprint density at radius 3 is 2.15 bits per heavy atom. The van der Waals surface area contributed by atoms with Crippen molar-refractivity contribution in [2.75, 3.05) is 90.3 Å². The van der Waals surface area contributed by atoms with E-state index < -0.39 is 31.5 Å². The van der Waals surface area contributed by atoms with Crippen molar-refractivity contribution in [2.24, 2.45) is 0 Å². The Hall–Kier alpha value is -3.58. The molecule has 0 saturated carbocycles. The summed E-state index contributed by atoms with van der Waals surface area (Å²) in [5.41, 5.74) is 0.821. The lowest BCUT2D eigenvalue weighted by Gasteiger charge is -2.36. The lowest BCUT2D eigenvalue weighted by Crippen LogP contribution is -2.57. The molecule has 1 atom stereocenters. The van der Waals surface area contributed by atoms with E-state index in [9.17, 15) is 18.9 Å². The Morgan fingerprint density at radius 2 is 1.53 bits per heavy atom. The van der Waals surface area contributed by atoms with Gasteiger partial charge < -0.3 is 38.7 Å². The fraction of sp³-hybridized carbons (Fsp3) is 0.594. The minimum absolute atomic E-state index is 0.0767. The summed E-state index contributed by atoms with van der Waals surface area (Å²) in [7, 11) is -1.70. The molecule has 15 heteroatoms. The highest BCUT2D eigenvalue weighted by Gasteiger charge is 2.37. The van der Waals surface area contributed by atoms with E-state index in [-0.39, 0.29) is 51.2 Å². The van der Waals surface area contributed by atoms with Crippen LogP contribution in [0.4, 0.5) is 10.6 Å². The maximum atomic E-state index is 14.0. The highest BCUT2D eigenvalue weighted by molar-refractivity contribution is 7.54. The molecule has 1 aromatic heterocycles. The molecule has 3 amide bonds. The second kappa shape index (κ2) is 17.5. The van der Waals surface area contributed by atoms with Gasteiger partial charge in [0.25, 0.3) is 5.91 Å². The molecule has 14 nitrogen and oxygen atoms in total. The van der Waals surface area contributed by atoms with E-state index in [1.54, 1.807) is 29.7 Å². The lowest BCUT2D eigenvalue weighted by molar-refractivity contribution is -0.134. The number of hydrogen-bond donors (Lipinski definition) is 1. The number of ether oxygens (including phenoxy) is 1. The van der Waals surface area contributed by atoms with Crippen molar-refractivity contribution in [1.29, 1.82) is 0 Å². The smallest absolute Gasteiger partial charge is 0.409 e. The third-order valence-corrected chi connectivity index (χ3v) is 10.2. The Bertz CT molecular complexity index is 1370. The first kappa shape index (κ1) is 36.3. The Labute approximate surface area is 277 Å². The van der Waals surface area contributed by atoms with Gasteiger partial charge >= 0.3 is 13.7 Å². The first-order chi connectivity index (χ1) is 22.7. The van der Waals surface area contributed by atoms with Crippen LogP contribution in [0.1, 0.15) is 44.1 Å². The quantitative estimate of drug-likeness (QED) is 0.233. The molecule has 2 fully saturated rings. The van der Waals surface area contributed by atoms with Crippen LogP contribution in [-0.4, -0.2) is 134 Å². The summed E-state index contributed by atoms with van der Waals surface area (Å²) in [4.78, 5) is 57.2. The number of anilines is 1. The molecular weight excluding hydrogens is 625 g/mol. The van der Waals surface area contributed by atoms with Crippen LogP contribution in [0.2, 0.25) is 0 Å². The summed E-state index contributed by atoms with van der Waals surface area (Å²) < 4.78 is 30.0. The fourth-order valence-electron chi connectivity index (χ4n) is 5.37. The van der Waals surface area contributed by atoms with Crippen molar-refractivity contribution in [3.63, 3.8) is 0 Å². The molecule has 4 rings (SSSR count). The number of aromatic nitrogens is 2. The average Bonchev–Trinajstić information content (AvgIpc) is 3.08. The van der Waals surface area contributed by atoms with E-state index in [0.29, 0.717) is 18.2 Å². The van der Waals surface area contributed by atoms with Crippen molar-refractivity contribution in [3.05, 3.63) is 42.1 Å². The van der Waals surface area contributed by atoms with Gasteiger partial charge in [0.05, 0.1) is 26.0 Å². The van der Waals surface area contributed by atoms with E-state index in [4.69, 9.17) is 18.8 Å². The van der Waals surface area contributed by atoms with Gasteiger partial charge in [0.2, 0.25) is 5.91 Å². The number of benzene rings is 1. The number of rotatable bonds is 14. The molecule has 0 spiro atoms. The fourth-order valence-corrected chi connectivity index (χ4v) is 7.13. The molecule has 2 aliphatic rings. The Balaban J connectivity index is 1.58. The number of carbonyl (C=O) groups is 3. The Morgan fingerprint density at radius 1 is 0.894 bits per heavy atom. The third kappa shape index (κ3) is 10.2. The molecule has 0 radical (unpaired) electrons. The monoisotopic (exact) mass is 673 g/mol. The van der Waals surface area contributed by atoms with Crippen molar-refractivity contribution in [1.82, 2.24) is 30.0 Å². The number of carbonyl (C=O) groups excluding carboxylic acids is 3. The zero-order chi connectivity index (χ0) is 33.8. The van der Waals surface area contributed by atoms with Crippen LogP contribution in [0.25, 0.3) is 11.4 Å². The summed E-state index contributed by atoms with van der Waals surface area (Å²) >= 11 is 0. The van der Waals surface area contributed by atoms with E-state index >= 15 is 0 Å². The molecule has 258 valence electrons. The molecule has 1 N–H and O–H groups in total. The minimum Gasteiger partial charge on any atom is -0.449 e. The highest BCUT2D eigenvalue weighted by atomic mass is 31.2. The summed E-state index contributed by atoms with van der Waals surface area (Å²) in [6.45, 7) is 10.1. The van der Waals surface area contributed by atoms with Gasteiger partial charge in [0, 0.05) is 64.0 Å². The number of amides is 3. The second-order valence-corrected chi connectivity index (χ2v) is 13.6.